The summed E-state index contributed by atoms with van der Waals surface area (Å²) in [7, 11) is -4.77. The van der Waals surface area contributed by atoms with Gasteiger partial charge in [-0.3, -0.25) is 0 Å². The molecule has 0 spiro atoms. The van der Waals surface area contributed by atoms with Gasteiger partial charge in [-0.2, -0.15) is 5.10 Å². The number of aromatic nitrogens is 2. The average molecular weight is 483 g/mol. The van der Waals surface area contributed by atoms with E-state index in [1.54, 1.807) is 31.2 Å². The summed E-state index contributed by atoms with van der Waals surface area (Å²) in [6, 6.07) is 8.93. The van der Waals surface area contributed by atoms with Crippen LogP contribution in [0.1, 0.15) is 5.69 Å². The van der Waals surface area contributed by atoms with Crippen molar-refractivity contribution in [3.05, 3.63) is 57.2 Å². The molecule has 0 fully saturated rings. The Hall–Kier alpha value is -1.17. The summed E-state index contributed by atoms with van der Waals surface area (Å²) in [6.07, 6.45) is 0. The van der Waals surface area contributed by atoms with Crippen LogP contribution in [-0.4, -0.2) is 22.8 Å². The van der Waals surface area contributed by atoms with Crippen molar-refractivity contribution in [2.75, 3.05) is 5.73 Å². The number of nitrogen functional groups attached to an aromatic ring is 1. The summed E-state index contributed by atoms with van der Waals surface area (Å²) in [5.41, 5.74) is 7.66. The third-order valence-corrected chi connectivity index (χ3v) is 5.52. The predicted octanol–water partition coefficient (Wildman–Crippen LogP) is 2.05. The number of nitrogens with two attached hydrogens (primary N) is 1. The van der Waals surface area contributed by atoms with Crippen LogP contribution in [0.15, 0.2) is 51.5 Å². The molecule has 0 aliphatic heterocycles. The fourth-order valence-corrected chi connectivity index (χ4v) is 3.72. The fraction of sp³-hybridized carbons (Fsp3) is 0.0625. The van der Waals surface area contributed by atoms with Gasteiger partial charge < -0.3 is 10.3 Å². The van der Waals surface area contributed by atoms with E-state index in [-0.39, 0.29) is 51.1 Å². The molecule has 0 saturated heterocycles. The number of azo groups is 1. The largest absolute Gasteiger partial charge is 1.00 e. The summed E-state index contributed by atoms with van der Waals surface area (Å²) in [6.45, 7) is 1.69. The van der Waals surface area contributed by atoms with E-state index in [0.29, 0.717) is 22.1 Å². The van der Waals surface area contributed by atoms with Gasteiger partial charge in [0.1, 0.15) is 15.8 Å². The smallest absolute Gasteiger partial charge is 0.744 e. The Labute approximate surface area is 203 Å². The van der Waals surface area contributed by atoms with E-state index < -0.39 is 15.0 Å². The molecule has 29 heavy (non-hydrogen) atoms. The minimum absolute atomic E-state index is 0. The van der Waals surface area contributed by atoms with Crippen LogP contribution in [0.5, 0.6) is 0 Å². The molecule has 3 aromatic rings. The number of hydrogen-bond donors (Lipinski definition) is 1. The molecule has 0 atom stereocenters. The van der Waals surface area contributed by atoms with Crippen LogP contribution in [0.3, 0.4) is 0 Å². The van der Waals surface area contributed by atoms with Crippen molar-refractivity contribution >= 4 is 62.1 Å². The molecule has 8 nitrogen and oxygen atoms in total. The van der Waals surface area contributed by atoms with Crippen LogP contribution in [0.25, 0.3) is 5.69 Å². The number of benzene rings is 2. The average Bonchev–Trinajstić information content (AvgIpc) is 2.89. The van der Waals surface area contributed by atoms with Gasteiger partial charge in [0.2, 0.25) is 0 Å². The van der Waals surface area contributed by atoms with Crippen LogP contribution in [0, 0.1) is 6.92 Å². The molecule has 0 aliphatic rings. The summed E-state index contributed by atoms with van der Waals surface area (Å²) in [4.78, 5) is -0.635. The summed E-state index contributed by atoms with van der Waals surface area (Å²) >= 11 is 17.7. The van der Waals surface area contributed by atoms with Crippen LogP contribution in [0.4, 0.5) is 17.2 Å². The first-order chi connectivity index (χ1) is 13.1. The maximum atomic E-state index is 11.2. The molecule has 3 rings (SSSR count). The third kappa shape index (κ3) is 5.31. The van der Waals surface area contributed by atoms with Gasteiger partial charge in [-0.05, 0) is 43.3 Å². The maximum Gasteiger partial charge on any atom is 1.00 e. The summed E-state index contributed by atoms with van der Waals surface area (Å²) in [5.74, 6) is 0.226. The van der Waals surface area contributed by atoms with Crippen molar-refractivity contribution in [1.82, 2.24) is 9.78 Å². The maximum absolute atomic E-state index is 11.2. The second-order valence-corrected chi connectivity index (χ2v) is 8.19. The van der Waals surface area contributed by atoms with Crippen molar-refractivity contribution in [2.45, 2.75) is 11.8 Å². The van der Waals surface area contributed by atoms with Gasteiger partial charge in [-0.25, -0.2) is 13.1 Å². The standard InChI is InChI=1S/C16H12Cl3N5O3S.Na/c1-8-15(16(20)24(23-8)10-4-2-9(17)3-5-10)22-21-13-6-12(19)14(7-11(13)18)28(25,26)27;/h2-7H,20H2,1H3,(H,25,26,27);/q;+1/p-1. The Bertz CT molecular complexity index is 1200. The number of rotatable bonds is 4. The minimum Gasteiger partial charge on any atom is -0.744 e. The number of anilines is 1. The molecule has 1 aromatic heterocycles. The van der Waals surface area contributed by atoms with E-state index in [0.717, 1.165) is 12.1 Å². The molecular formula is C16H11Cl3N5NaO3S. The van der Waals surface area contributed by atoms with E-state index >= 15 is 0 Å². The Morgan fingerprint density at radius 2 is 1.69 bits per heavy atom. The molecule has 1 heterocycles. The van der Waals surface area contributed by atoms with Crippen molar-refractivity contribution < 1.29 is 42.5 Å². The van der Waals surface area contributed by atoms with Gasteiger partial charge in [0.25, 0.3) is 0 Å². The van der Waals surface area contributed by atoms with Crippen molar-refractivity contribution in [3.63, 3.8) is 0 Å². The monoisotopic (exact) mass is 481 g/mol. The van der Waals surface area contributed by atoms with Gasteiger partial charge in [0.05, 0.1) is 26.3 Å². The number of nitrogens with zero attached hydrogens (tertiary/aromatic N) is 4. The van der Waals surface area contributed by atoms with Gasteiger partial charge in [-0.15, -0.1) is 10.2 Å². The molecule has 0 aliphatic carbocycles. The SMILES string of the molecule is Cc1nn(-c2ccc(Cl)cc2)c(N)c1N=Nc1cc(Cl)c(S(=O)(=O)[O-])cc1Cl.[Na+]. The first-order valence-corrected chi connectivity index (χ1v) is 10.1. The zero-order chi connectivity index (χ0) is 20.6. The number of hydrogen-bond acceptors (Lipinski definition) is 7. The normalized spacial score (nSPS) is 11.6. The van der Waals surface area contributed by atoms with E-state index in [1.165, 1.54) is 4.68 Å². The van der Waals surface area contributed by atoms with E-state index in [4.69, 9.17) is 40.5 Å². The molecule has 0 amide bonds. The molecule has 2 aromatic carbocycles. The van der Waals surface area contributed by atoms with Crippen LogP contribution in [-0.2, 0) is 10.1 Å². The van der Waals surface area contributed by atoms with Crippen LogP contribution < -0.4 is 35.3 Å². The Morgan fingerprint density at radius 1 is 1.07 bits per heavy atom. The quantitative estimate of drug-likeness (QED) is 0.346. The van der Waals surface area contributed by atoms with Crippen molar-refractivity contribution in [2.24, 2.45) is 10.2 Å². The minimum atomic E-state index is -4.77. The molecule has 146 valence electrons. The van der Waals surface area contributed by atoms with Crippen LogP contribution in [0.2, 0.25) is 15.1 Å². The summed E-state index contributed by atoms with van der Waals surface area (Å²) < 4.78 is 34.9. The van der Waals surface area contributed by atoms with Crippen LogP contribution >= 0.6 is 34.8 Å². The first kappa shape index (κ1) is 24.1. The van der Waals surface area contributed by atoms with Gasteiger partial charge >= 0.3 is 29.6 Å². The summed E-state index contributed by atoms with van der Waals surface area (Å²) in [5, 5.41) is 12.5. The topological polar surface area (TPSA) is 126 Å². The van der Waals surface area contributed by atoms with E-state index in [9.17, 15) is 13.0 Å². The predicted molar refractivity (Wildman–Crippen MR) is 106 cm³/mol. The van der Waals surface area contributed by atoms with Gasteiger partial charge in [0, 0.05) is 5.02 Å². The molecule has 0 radical (unpaired) electrons. The second-order valence-electron chi connectivity index (χ2n) is 5.60. The molecular weight excluding hydrogens is 472 g/mol. The van der Waals surface area contributed by atoms with Crippen molar-refractivity contribution in [3.8, 4) is 5.69 Å². The van der Waals surface area contributed by atoms with Gasteiger partial charge in [0.15, 0.2) is 11.5 Å². The van der Waals surface area contributed by atoms with Crippen molar-refractivity contribution in [1.29, 1.82) is 0 Å². The van der Waals surface area contributed by atoms with E-state index in [2.05, 4.69) is 15.3 Å². The third-order valence-electron chi connectivity index (χ3n) is 3.66. The zero-order valence-corrected chi connectivity index (χ0v) is 20.2. The molecule has 0 saturated carbocycles. The van der Waals surface area contributed by atoms with Gasteiger partial charge in [-0.1, -0.05) is 34.8 Å². The molecule has 13 heteroatoms. The number of aryl methyl sites for hydroxylation is 1. The second kappa shape index (κ2) is 9.32. The molecule has 0 unspecified atom stereocenters. The fourth-order valence-electron chi connectivity index (χ4n) is 2.33. The Balaban J connectivity index is 0.00000300. The Morgan fingerprint density at radius 3 is 2.28 bits per heavy atom. The molecule has 2 N–H and O–H groups in total. The van der Waals surface area contributed by atoms with E-state index in [1.807, 2.05) is 0 Å². The molecule has 0 bridgehead atoms. The first-order valence-electron chi connectivity index (χ1n) is 7.55. The Kier molecular flexibility index (Phi) is 7.74. The zero-order valence-electron chi connectivity index (χ0n) is 15.1. The number of halogens is 3.